The van der Waals surface area contributed by atoms with Gasteiger partial charge in [-0.2, -0.15) is 5.26 Å². The van der Waals surface area contributed by atoms with Gasteiger partial charge < -0.3 is 14.8 Å². The van der Waals surface area contributed by atoms with Gasteiger partial charge in [-0.3, -0.25) is 0 Å². The van der Waals surface area contributed by atoms with E-state index in [-0.39, 0.29) is 11.1 Å². The Hall–Kier alpha value is -3.17. The summed E-state index contributed by atoms with van der Waals surface area (Å²) in [6.45, 7) is 5.10. The fraction of sp³-hybridized carbons (Fsp3) is 0.250. The highest BCUT2D eigenvalue weighted by atomic mass is 16.5. The van der Waals surface area contributed by atoms with Crippen molar-refractivity contribution in [3.05, 3.63) is 52.8 Å². The molecule has 0 aliphatic heterocycles. The second kappa shape index (κ2) is 6.28. The van der Waals surface area contributed by atoms with E-state index in [1.165, 1.54) is 13.2 Å². The predicted octanol–water partition coefficient (Wildman–Crippen LogP) is 3.42. The van der Waals surface area contributed by atoms with Crippen LogP contribution in [-0.2, 0) is 10.3 Å². The van der Waals surface area contributed by atoms with Gasteiger partial charge in [-0.1, -0.05) is 6.07 Å². The largest absolute Gasteiger partial charge is 0.465 e. The lowest BCUT2D eigenvalue weighted by atomic mass is 9.84. The number of imidazole rings is 1. The zero-order valence-electron chi connectivity index (χ0n) is 15.0. The molecule has 0 spiro atoms. The van der Waals surface area contributed by atoms with Crippen molar-refractivity contribution < 1.29 is 14.6 Å². The number of hydrogen-bond acceptors (Lipinski definition) is 5. The number of H-pyrrole nitrogens is 1. The highest BCUT2D eigenvalue weighted by Gasteiger charge is 2.27. The molecule has 2 aromatic carbocycles. The molecule has 0 amide bonds. The van der Waals surface area contributed by atoms with Gasteiger partial charge in [0.1, 0.15) is 5.82 Å². The lowest BCUT2D eigenvalue weighted by Crippen LogP contribution is -2.20. The minimum absolute atomic E-state index is 0.233. The van der Waals surface area contributed by atoms with Gasteiger partial charge in [0.05, 0.1) is 40.9 Å². The summed E-state index contributed by atoms with van der Waals surface area (Å²) in [5, 5.41) is 20.2. The van der Waals surface area contributed by atoms with Crippen molar-refractivity contribution in [1.29, 1.82) is 5.26 Å². The van der Waals surface area contributed by atoms with Crippen molar-refractivity contribution in [2.45, 2.75) is 26.4 Å². The lowest BCUT2D eigenvalue weighted by molar-refractivity contribution is 0.0598. The molecule has 0 fully saturated rings. The molecule has 3 rings (SSSR count). The first kappa shape index (κ1) is 17.6. The molecule has 3 aromatic rings. The van der Waals surface area contributed by atoms with E-state index in [1.54, 1.807) is 19.9 Å². The van der Waals surface area contributed by atoms with Crippen LogP contribution < -0.4 is 0 Å². The van der Waals surface area contributed by atoms with Crippen LogP contribution in [0, 0.1) is 18.3 Å². The zero-order chi connectivity index (χ0) is 19.1. The lowest BCUT2D eigenvalue weighted by Gasteiger charge is -2.24. The molecule has 0 saturated carbocycles. The number of hydrogen-bond donors (Lipinski definition) is 2. The Bertz CT molecular complexity index is 1050. The fourth-order valence-corrected chi connectivity index (χ4v) is 3.16. The molecule has 2 N–H and O–H groups in total. The molecule has 6 heteroatoms. The number of nitrogens with zero attached hydrogens (tertiary/aromatic N) is 2. The summed E-state index contributed by atoms with van der Waals surface area (Å²) in [5.74, 6) is 0.254. The van der Waals surface area contributed by atoms with Crippen LogP contribution in [-0.4, -0.2) is 28.2 Å². The highest BCUT2D eigenvalue weighted by Crippen LogP contribution is 2.36. The second-order valence-electron chi connectivity index (χ2n) is 6.66. The Morgan fingerprint density at radius 3 is 2.65 bits per heavy atom. The van der Waals surface area contributed by atoms with Crippen molar-refractivity contribution in [2.75, 3.05) is 7.11 Å². The van der Waals surface area contributed by atoms with Gasteiger partial charge in [-0.05, 0) is 56.2 Å². The van der Waals surface area contributed by atoms with E-state index in [9.17, 15) is 15.2 Å². The molecule has 26 heavy (non-hydrogen) atoms. The maximum absolute atomic E-state index is 12.0. The van der Waals surface area contributed by atoms with Gasteiger partial charge in [0.2, 0.25) is 0 Å². The van der Waals surface area contributed by atoms with E-state index in [0.29, 0.717) is 11.1 Å². The quantitative estimate of drug-likeness (QED) is 0.706. The zero-order valence-corrected chi connectivity index (χ0v) is 15.0. The molecule has 0 radical (unpaired) electrons. The molecular weight excluding hydrogens is 330 g/mol. The van der Waals surface area contributed by atoms with E-state index in [0.717, 1.165) is 22.4 Å². The number of aryl methyl sites for hydroxylation is 1. The number of aliphatic hydroxyl groups is 1. The molecule has 0 bridgehead atoms. The molecule has 1 heterocycles. The normalized spacial score (nSPS) is 11.4. The van der Waals surface area contributed by atoms with Crippen LogP contribution in [0.1, 0.15) is 41.2 Å². The molecule has 0 saturated heterocycles. The second-order valence-corrected chi connectivity index (χ2v) is 6.66. The van der Waals surface area contributed by atoms with Gasteiger partial charge >= 0.3 is 5.97 Å². The van der Waals surface area contributed by atoms with Gasteiger partial charge in [0.25, 0.3) is 0 Å². The number of carbonyl (C=O) groups is 1. The number of carbonyl (C=O) groups excluding carboxylic acids is 1. The third kappa shape index (κ3) is 3.05. The number of ether oxygens (including phenoxy) is 1. The standard InChI is InChI=1S/C20H19N3O3/c1-11-22-16-6-5-12(9-17(16)23-11)15-8-13(19(24)26-4)7-14(10-21)18(15)20(2,3)25/h5-9,25H,1-4H3,(H,22,23). The van der Waals surface area contributed by atoms with Crippen LogP contribution in [0.25, 0.3) is 22.2 Å². The van der Waals surface area contributed by atoms with E-state index >= 15 is 0 Å². The van der Waals surface area contributed by atoms with Crippen molar-refractivity contribution in [1.82, 2.24) is 9.97 Å². The maximum Gasteiger partial charge on any atom is 0.337 e. The average Bonchev–Trinajstić information content (AvgIpc) is 2.97. The Balaban J connectivity index is 2.35. The molecule has 0 atom stereocenters. The minimum Gasteiger partial charge on any atom is -0.465 e. The first-order valence-electron chi connectivity index (χ1n) is 8.10. The number of methoxy groups -OCH3 is 1. The summed E-state index contributed by atoms with van der Waals surface area (Å²) in [7, 11) is 1.29. The average molecular weight is 349 g/mol. The third-order valence-corrected chi connectivity index (χ3v) is 4.20. The molecule has 132 valence electrons. The van der Waals surface area contributed by atoms with Gasteiger partial charge in [0.15, 0.2) is 0 Å². The number of esters is 1. The molecule has 6 nitrogen and oxygen atoms in total. The first-order valence-corrected chi connectivity index (χ1v) is 8.10. The van der Waals surface area contributed by atoms with Crippen molar-refractivity contribution in [3.8, 4) is 17.2 Å². The molecular formula is C20H19N3O3. The van der Waals surface area contributed by atoms with Crippen molar-refractivity contribution in [3.63, 3.8) is 0 Å². The third-order valence-electron chi connectivity index (χ3n) is 4.20. The summed E-state index contributed by atoms with van der Waals surface area (Å²) < 4.78 is 4.80. The Labute approximate surface area is 151 Å². The molecule has 1 aromatic heterocycles. The van der Waals surface area contributed by atoms with Crippen LogP contribution in [0.3, 0.4) is 0 Å². The number of nitrogens with one attached hydrogen (secondary N) is 1. The van der Waals surface area contributed by atoms with Crippen molar-refractivity contribution in [2.24, 2.45) is 0 Å². The molecule has 0 aliphatic carbocycles. The monoisotopic (exact) mass is 349 g/mol. The number of fused-ring (bicyclic) bond motifs is 1. The fourth-order valence-electron chi connectivity index (χ4n) is 3.16. The summed E-state index contributed by atoms with van der Waals surface area (Å²) in [4.78, 5) is 19.6. The number of rotatable bonds is 3. The van der Waals surface area contributed by atoms with E-state index in [4.69, 9.17) is 4.74 Å². The highest BCUT2D eigenvalue weighted by molar-refractivity contribution is 5.93. The van der Waals surface area contributed by atoms with Crippen LogP contribution in [0.15, 0.2) is 30.3 Å². The van der Waals surface area contributed by atoms with Crippen LogP contribution in [0.2, 0.25) is 0 Å². The number of benzene rings is 2. The van der Waals surface area contributed by atoms with Crippen LogP contribution in [0.4, 0.5) is 0 Å². The molecule has 0 aliphatic rings. The first-order chi connectivity index (χ1) is 12.2. The Morgan fingerprint density at radius 1 is 1.31 bits per heavy atom. The van der Waals surface area contributed by atoms with Gasteiger partial charge in [-0.25, -0.2) is 9.78 Å². The Morgan fingerprint density at radius 2 is 2.04 bits per heavy atom. The van der Waals surface area contributed by atoms with E-state index in [1.807, 2.05) is 25.1 Å². The van der Waals surface area contributed by atoms with E-state index < -0.39 is 11.6 Å². The topological polar surface area (TPSA) is 99.0 Å². The molecule has 0 unspecified atom stereocenters. The number of aromatic nitrogens is 2. The summed E-state index contributed by atoms with van der Waals surface area (Å²) in [5.41, 5.74) is 2.71. The Kier molecular flexibility index (Phi) is 4.26. The van der Waals surface area contributed by atoms with E-state index in [2.05, 4.69) is 16.0 Å². The van der Waals surface area contributed by atoms with Gasteiger partial charge in [0, 0.05) is 5.56 Å². The van der Waals surface area contributed by atoms with Crippen LogP contribution >= 0.6 is 0 Å². The number of nitriles is 1. The smallest absolute Gasteiger partial charge is 0.337 e. The van der Waals surface area contributed by atoms with Crippen molar-refractivity contribution >= 4 is 17.0 Å². The minimum atomic E-state index is -1.27. The van der Waals surface area contributed by atoms with Crippen LogP contribution in [0.5, 0.6) is 0 Å². The SMILES string of the molecule is COC(=O)c1cc(C#N)c(C(C)(C)O)c(-c2ccc3nc(C)[nH]c3c2)c1. The maximum atomic E-state index is 12.0. The van der Waals surface area contributed by atoms with Gasteiger partial charge in [-0.15, -0.1) is 0 Å². The number of aromatic amines is 1. The predicted molar refractivity (Wildman–Crippen MR) is 97.6 cm³/mol. The summed E-state index contributed by atoms with van der Waals surface area (Å²) in [6, 6.07) is 10.8. The summed E-state index contributed by atoms with van der Waals surface area (Å²) >= 11 is 0. The summed E-state index contributed by atoms with van der Waals surface area (Å²) in [6.07, 6.45) is 0.